The fourth-order valence-electron chi connectivity index (χ4n) is 3.46. The Labute approximate surface area is 132 Å². The van der Waals surface area contributed by atoms with Gasteiger partial charge in [0.2, 0.25) is 0 Å². The number of hydrogen-bond donors (Lipinski definition) is 2. The van der Waals surface area contributed by atoms with E-state index < -0.39 is 0 Å². The molecule has 5 heterocycles. The van der Waals surface area contributed by atoms with E-state index in [9.17, 15) is 0 Å². The summed E-state index contributed by atoms with van der Waals surface area (Å²) in [6.45, 7) is 2.11. The molecular formula is C17H16N6. The lowest BCUT2D eigenvalue weighted by molar-refractivity contribution is 0.743. The zero-order valence-electron chi connectivity index (χ0n) is 12.5. The van der Waals surface area contributed by atoms with E-state index in [1.807, 2.05) is 24.5 Å². The monoisotopic (exact) mass is 304 g/mol. The Kier molecular flexibility index (Phi) is 2.72. The summed E-state index contributed by atoms with van der Waals surface area (Å²) in [5.74, 6) is 0.544. The second kappa shape index (κ2) is 4.89. The number of nitrogens with one attached hydrogen (secondary N) is 2. The lowest BCUT2D eigenvalue weighted by Crippen LogP contribution is -2.07. The number of pyridine rings is 1. The molecule has 114 valence electrons. The molecule has 0 saturated carbocycles. The molecule has 2 N–H and O–H groups in total. The van der Waals surface area contributed by atoms with Crippen LogP contribution in [-0.4, -0.2) is 37.9 Å². The summed E-state index contributed by atoms with van der Waals surface area (Å²) in [5.41, 5.74) is 5.43. The lowest BCUT2D eigenvalue weighted by Gasteiger charge is -2.03. The molecule has 0 amide bonds. The predicted octanol–water partition coefficient (Wildman–Crippen LogP) is 2.35. The Morgan fingerprint density at radius 3 is 3.04 bits per heavy atom. The van der Waals surface area contributed by atoms with E-state index in [0.29, 0.717) is 5.92 Å². The van der Waals surface area contributed by atoms with Gasteiger partial charge in [-0.1, -0.05) is 0 Å². The van der Waals surface area contributed by atoms with Crippen LogP contribution in [0.15, 0.2) is 42.9 Å². The van der Waals surface area contributed by atoms with Gasteiger partial charge in [0.1, 0.15) is 5.65 Å². The Hall–Kier alpha value is -2.73. The minimum Gasteiger partial charge on any atom is -0.343 e. The van der Waals surface area contributed by atoms with Gasteiger partial charge in [0, 0.05) is 41.5 Å². The number of hydrogen-bond acceptors (Lipinski definition) is 4. The largest absolute Gasteiger partial charge is 0.343 e. The number of rotatable bonds is 2. The van der Waals surface area contributed by atoms with Crippen LogP contribution in [0.3, 0.4) is 0 Å². The van der Waals surface area contributed by atoms with E-state index in [2.05, 4.69) is 37.6 Å². The summed E-state index contributed by atoms with van der Waals surface area (Å²) in [4.78, 5) is 8.00. The van der Waals surface area contributed by atoms with Gasteiger partial charge in [-0.25, -0.2) is 4.98 Å². The Balaban J connectivity index is 1.72. The second-order valence-electron chi connectivity index (χ2n) is 5.99. The molecule has 0 radical (unpaired) electrons. The lowest BCUT2D eigenvalue weighted by atomic mass is 10.0. The first-order chi connectivity index (χ1) is 11.4. The van der Waals surface area contributed by atoms with E-state index >= 15 is 0 Å². The van der Waals surface area contributed by atoms with Crippen LogP contribution < -0.4 is 5.32 Å². The highest BCUT2D eigenvalue weighted by molar-refractivity contribution is 5.97. The van der Waals surface area contributed by atoms with Crippen LogP contribution in [0.5, 0.6) is 0 Å². The SMILES string of the molecule is c1cnn2ncc(-c3ccnc4[nH]c([C@H]5CCNC5)cc34)c2c1. The van der Waals surface area contributed by atoms with Gasteiger partial charge in [0.05, 0.1) is 11.7 Å². The minimum atomic E-state index is 0.544. The zero-order valence-corrected chi connectivity index (χ0v) is 12.5. The number of fused-ring (bicyclic) bond motifs is 2. The number of nitrogens with zero attached hydrogens (tertiary/aromatic N) is 4. The molecule has 1 saturated heterocycles. The third-order valence-electron chi connectivity index (χ3n) is 4.65. The van der Waals surface area contributed by atoms with Crippen molar-refractivity contribution in [3.8, 4) is 11.1 Å². The standard InChI is InChI=1S/C17H16N6/c1-2-16-14(10-21-23(16)20-5-1)12-4-7-19-17-13(12)8-15(22-17)11-3-6-18-9-11/h1-2,4-5,7-8,10-11,18H,3,6,9H2,(H,19,22)/t11-/m0/s1. The Morgan fingerprint density at radius 2 is 2.13 bits per heavy atom. The van der Waals surface area contributed by atoms with Crippen LogP contribution in [0.2, 0.25) is 0 Å². The smallest absolute Gasteiger partial charge is 0.138 e. The second-order valence-corrected chi connectivity index (χ2v) is 5.99. The molecule has 1 fully saturated rings. The van der Waals surface area contributed by atoms with Gasteiger partial charge in [-0.05, 0) is 42.8 Å². The molecule has 0 aliphatic carbocycles. The molecule has 1 aliphatic rings. The molecule has 1 atom stereocenters. The van der Waals surface area contributed by atoms with E-state index in [0.717, 1.165) is 40.8 Å². The zero-order chi connectivity index (χ0) is 15.2. The molecule has 0 spiro atoms. The first-order valence-electron chi connectivity index (χ1n) is 7.88. The molecule has 6 nitrogen and oxygen atoms in total. The minimum absolute atomic E-state index is 0.544. The molecule has 5 rings (SSSR count). The van der Waals surface area contributed by atoms with Crippen molar-refractivity contribution < 1.29 is 0 Å². The van der Waals surface area contributed by atoms with Crippen molar-refractivity contribution in [2.24, 2.45) is 0 Å². The third-order valence-corrected chi connectivity index (χ3v) is 4.65. The Morgan fingerprint density at radius 1 is 1.13 bits per heavy atom. The predicted molar refractivity (Wildman–Crippen MR) is 88.3 cm³/mol. The highest BCUT2D eigenvalue weighted by Gasteiger charge is 2.20. The average molecular weight is 304 g/mol. The van der Waals surface area contributed by atoms with Crippen LogP contribution in [0.1, 0.15) is 18.0 Å². The highest BCUT2D eigenvalue weighted by atomic mass is 15.4. The topological polar surface area (TPSA) is 70.9 Å². The summed E-state index contributed by atoms with van der Waals surface area (Å²) in [7, 11) is 0. The molecule has 0 aromatic carbocycles. The first-order valence-corrected chi connectivity index (χ1v) is 7.88. The van der Waals surface area contributed by atoms with E-state index in [-0.39, 0.29) is 0 Å². The van der Waals surface area contributed by atoms with Crippen molar-refractivity contribution in [3.05, 3.63) is 48.5 Å². The van der Waals surface area contributed by atoms with Gasteiger partial charge in [-0.15, -0.1) is 0 Å². The van der Waals surface area contributed by atoms with Crippen LogP contribution in [0, 0.1) is 0 Å². The molecule has 0 unspecified atom stereocenters. The van der Waals surface area contributed by atoms with E-state index in [1.54, 1.807) is 10.8 Å². The molecule has 23 heavy (non-hydrogen) atoms. The summed E-state index contributed by atoms with van der Waals surface area (Å²) < 4.78 is 1.66. The van der Waals surface area contributed by atoms with Gasteiger partial charge >= 0.3 is 0 Å². The summed E-state index contributed by atoms with van der Waals surface area (Å²) in [6, 6.07) is 8.27. The van der Waals surface area contributed by atoms with E-state index in [1.165, 1.54) is 12.1 Å². The van der Waals surface area contributed by atoms with Crippen LogP contribution in [0.25, 0.3) is 27.7 Å². The fraction of sp³-hybridized carbons (Fsp3) is 0.235. The maximum atomic E-state index is 4.51. The third kappa shape index (κ3) is 1.95. The highest BCUT2D eigenvalue weighted by Crippen LogP contribution is 2.33. The molecule has 0 bridgehead atoms. The van der Waals surface area contributed by atoms with Crippen molar-refractivity contribution in [2.45, 2.75) is 12.3 Å². The average Bonchev–Trinajstić information content (AvgIpc) is 3.32. The molecule has 4 aromatic rings. The van der Waals surface area contributed by atoms with Crippen molar-refractivity contribution in [1.29, 1.82) is 0 Å². The fourth-order valence-corrected chi connectivity index (χ4v) is 3.46. The van der Waals surface area contributed by atoms with Crippen molar-refractivity contribution >= 4 is 16.6 Å². The quantitative estimate of drug-likeness (QED) is 0.596. The summed E-state index contributed by atoms with van der Waals surface area (Å²) in [5, 5.41) is 13.2. The van der Waals surface area contributed by atoms with Crippen LogP contribution in [0.4, 0.5) is 0 Å². The van der Waals surface area contributed by atoms with Crippen LogP contribution >= 0.6 is 0 Å². The maximum Gasteiger partial charge on any atom is 0.138 e. The van der Waals surface area contributed by atoms with Gasteiger partial charge in [-0.3, -0.25) is 0 Å². The normalized spacial score (nSPS) is 18.2. The molecule has 6 heteroatoms. The van der Waals surface area contributed by atoms with Gasteiger partial charge in [0.15, 0.2) is 0 Å². The number of aromatic amines is 1. The van der Waals surface area contributed by atoms with Crippen molar-refractivity contribution in [2.75, 3.05) is 13.1 Å². The number of aromatic nitrogens is 5. The molecule has 4 aromatic heterocycles. The van der Waals surface area contributed by atoms with Gasteiger partial charge in [0.25, 0.3) is 0 Å². The van der Waals surface area contributed by atoms with E-state index in [4.69, 9.17) is 0 Å². The number of H-pyrrole nitrogens is 1. The first kappa shape index (κ1) is 12.8. The Bertz CT molecular complexity index is 993. The maximum absolute atomic E-state index is 4.51. The van der Waals surface area contributed by atoms with Crippen molar-refractivity contribution in [3.63, 3.8) is 0 Å². The summed E-state index contributed by atoms with van der Waals surface area (Å²) >= 11 is 0. The van der Waals surface area contributed by atoms with Crippen molar-refractivity contribution in [1.82, 2.24) is 30.1 Å². The van der Waals surface area contributed by atoms with Gasteiger partial charge in [-0.2, -0.15) is 14.8 Å². The summed E-state index contributed by atoms with van der Waals surface area (Å²) in [6.07, 6.45) is 6.64. The van der Waals surface area contributed by atoms with Crippen LogP contribution in [-0.2, 0) is 0 Å². The molecule has 1 aliphatic heterocycles. The molecular weight excluding hydrogens is 288 g/mol. The van der Waals surface area contributed by atoms with Gasteiger partial charge < -0.3 is 10.3 Å².